The molecule has 118 valence electrons. The third kappa shape index (κ3) is 4.14. The van der Waals surface area contributed by atoms with E-state index in [9.17, 15) is 8.42 Å². The maximum Gasteiger partial charge on any atom is 0.261 e. The van der Waals surface area contributed by atoms with Crippen molar-refractivity contribution in [2.45, 2.75) is 18.2 Å². The highest BCUT2D eigenvalue weighted by Gasteiger charge is 2.14. The number of hydrogen-bond acceptors (Lipinski definition) is 4. The summed E-state index contributed by atoms with van der Waals surface area (Å²) in [6.45, 7) is 2.62. The first-order valence-corrected chi connectivity index (χ1v) is 9.00. The zero-order chi connectivity index (χ0) is 16.2. The summed E-state index contributed by atoms with van der Waals surface area (Å²) in [7, 11) is -3.64. The number of nitrogens with two attached hydrogens (primary N) is 1. The van der Waals surface area contributed by atoms with E-state index in [1.807, 2.05) is 6.92 Å². The van der Waals surface area contributed by atoms with Crippen LogP contribution in [0.3, 0.4) is 0 Å². The zero-order valence-electron chi connectivity index (χ0n) is 12.0. The van der Waals surface area contributed by atoms with Crippen LogP contribution in [0.15, 0.2) is 51.8 Å². The molecule has 0 amide bonds. The molecule has 2 aromatic rings. The fourth-order valence-electron chi connectivity index (χ4n) is 1.75. The van der Waals surface area contributed by atoms with Crippen molar-refractivity contribution in [3.05, 3.63) is 46.9 Å². The summed E-state index contributed by atoms with van der Waals surface area (Å²) < 4.78 is 33.3. The van der Waals surface area contributed by atoms with Gasteiger partial charge in [0.05, 0.1) is 21.7 Å². The van der Waals surface area contributed by atoms with Crippen LogP contribution in [-0.2, 0) is 10.0 Å². The maximum atomic E-state index is 12.3. The second-order valence-corrected chi connectivity index (χ2v) is 7.20. The quantitative estimate of drug-likeness (QED) is 0.745. The van der Waals surface area contributed by atoms with Crippen LogP contribution in [0.5, 0.6) is 5.75 Å². The van der Waals surface area contributed by atoms with Gasteiger partial charge in [0.2, 0.25) is 0 Å². The van der Waals surface area contributed by atoms with E-state index in [0.29, 0.717) is 28.2 Å². The fraction of sp³-hybridized carbons (Fsp3) is 0.200. The van der Waals surface area contributed by atoms with E-state index in [1.165, 1.54) is 12.1 Å². The molecule has 5 nitrogen and oxygen atoms in total. The van der Waals surface area contributed by atoms with Crippen LogP contribution < -0.4 is 15.2 Å². The van der Waals surface area contributed by atoms with Gasteiger partial charge in [-0.05, 0) is 64.8 Å². The van der Waals surface area contributed by atoms with Crippen LogP contribution in [0, 0.1) is 0 Å². The normalized spacial score (nSPS) is 11.2. The molecule has 0 aliphatic heterocycles. The lowest BCUT2D eigenvalue weighted by atomic mass is 10.3. The van der Waals surface area contributed by atoms with Crippen LogP contribution in [-0.4, -0.2) is 15.0 Å². The summed E-state index contributed by atoms with van der Waals surface area (Å²) >= 11 is 3.37. The Balaban J connectivity index is 2.19. The summed E-state index contributed by atoms with van der Waals surface area (Å²) in [5, 5.41) is 0. The lowest BCUT2D eigenvalue weighted by molar-refractivity contribution is 0.315. The molecule has 0 saturated heterocycles. The van der Waals surface area contributed by atoms with Gasteiger partial charge in [0, 0.05) is 5.69 Å². The van der Waals surface area contributed by atoms with Crippen molar-refractivity contribution in [3.63, 3.8) is 0 Å². The van der Waals surface area contributed by atoms with Crippen LogP contribution >= 0.6 is 15.9 Å². The summed E-state index contributed by atoms with van der Waals surface area (Å²) in [6, 6.07) is 11.1. The van der Waals surface area contributed by atoms with Gasteiger partial charge in [-0.15, -0.1) is 0 Å². The maximum absolute atomic E-state index is 12.3. The topological polar surface area (TPSA) is 81.4 Å². The molecule has 0 aliphatic carbocycles. The third-order valence-electron chi connectivity index (χ3n) is 2.84. The summed E-state index contributed by atoms with van der Waals surface area (Å²) in [6.07, 6.45) is 0.901. The first-order valence-electron chi connectivity index (χ1n) is 6.73. The zero-order valence-corrected chi connectivity index (χ0v) is 14.4. The van der Waals surface area contributed by atoms with Crippen molar-refractivity contribution in [2.75, 3.05) is 17.1 Å². The SMILES string of the molecule is CCCOc1ccc(NS(=O)(=O)c2ccc(N)cc2)cc1Br. The minimum absolute atomic E-state index is 0.157. The minimum Gasteiger partial charge on any atom is -0.492 e. The van der Waals surface area contributed by atoms with Crippen molar-refractivity contribution in [1.82, 2.24) is 0 Å². The molecule has 22 heavy (non-hydrogen) atoms. The summed E-state index contributed by atoms with van der Waals surface area (Å²) in [4.78, 5) is 0.157. The molecule has 0 spiro atoms. The van der Waals surface area contributed by atoms with Crippen LogP contribution in [0.25, 0.3) is 0 Å². The Hall–Kier alpha value is -1.73. The third-order valence-corrected chi connectivity index (χ3v) is 4.85. The number of halogens is 1. The van der Waals surface area contributed by atoms with Crippen molar-refractivity contribution in [2.24, 2.45) is 0 Å². The number of sulfonamides is 1. The van der Waals surface area contributed by atoms with Crippen LogP contribution in [0.2, 0.25) is 0 Å². The predicted molar refractivity (Wildman–Crippen MR) is 91.6 cm³/mol. The molecule has 0 atom stereocenters. The second-order valence-electron chi connectivity index (χ2n) is 4.67. The molecule has 0 fully saturated rings. The molecule has 0 bridgehead atoms. The molecule has 0 aliphatic rings. The van der Waals surface area contributed by atoms with Gasteiger partial charge in [-0.25, -0.2) is 8.42 Å². The number of hydrogen-bond donors (Lipinski definition) is 2. The van der Waals surface area contributed by atoms with E-state index in [0.717, 1.165) is 6.42 Å². The molecule has 3 N–H and O–H groups in total. The van der Waals surface area contributed by atoms with Gasteiger partial charge in [-0.3, -0.25) is 4.72 Å². The van der Waals surface area contributed by atoms with Gasteiger partial charge < -0.3 is 10.5 Å². The lowest BCUT2D eigenvalue weighted by Gasteiger charge is -2.11. The van der Waals surface area contributed by atoms with E-state index >= 15 is 0 Å². The predicted octanol–water partition coefficient (Wildman–Crippen LogP) is 3.62. The Labute approximate surface area is 138 Å². The molecule has 7 heteroatoms. The summed E-state index contributed by atoms with van der Waals surface area (Å²) in [5.41, 5.74) is 6.53. The molecular formula is C15H17BrN2O3S. The van der Waals surface area contributed by atoms with E-state index in [1.54, 1.807) is 30.3 Å². The molecule has 0 radical (unpaired) electrons. The molecule has 0 heterocycles. The average molecular weight is 385 g/mol. The van der Waals surface area contributed by atoms with Crippen LogP contribution in [0.1, 0.15) is 13.3 Å². The molecule has 0 aromatic heterocycles. The standard InChI is InChI=1S/C15H17BrN2O3S/c1-2-9-21-15-8-5-12(10-14(15)16)18-22(19,20)13-6-3-11(17)4-7-13/h3-8,10,18H,2,9,17H2,1H3. The number of benzene rings is 2. The first-order chi connectivity index (χ1) is 10.4. The van der Waals surface area contributed by atoms with E-state index in [-0.39, 0.29) is 4.90 Å². The van der Waals surface area contributed by atoms with Crippen molar-refractivity contribution < 1.29 is 13.2 Å². The van der Waals surface area contributed by atoms with Crippen LogP contribution in [0.4, 0.5) is 11.4 Å². The number of anilines is 2. The smallest absolute Gasteiger partial charge is 0.261 e. The monoisotopic (exact) mass is 384 g/mol. The van der Waals surface area contributed by atoms with E-state index in [2.05, 4.69) is 20.7 Å². The van der Waals surface area contributed by atoms with Gasteiger partial charge in [0.1, 0.15) is 5.75 Å². The second kappa shape index (κ2) is 7.02. The molecular weight excluding hydrogens is 368 g/mol. The highest BCUT2D eigenvalue weighted by atomic mass is 79.9. The average Bonchev–Trinajstić information content (AvgIpc) is 2.46. The Morgan fingerprint density at radius 3 is 2.45 bits per heavy atom. The molecule has 2 aromatic carbocycles. The van der Waals surface area contributed by atoms with Gasteiger partial charge in [0.25, 0.3) is 10.0 Å². The first kappa shape index (κ1) is 16.6. The van der Waals surface area contributed by atoms with Gasteiger partial charge in [-0.1, -0.05) is 6.92 Å². The highest BCUT2D eigenvalue weighted by Crippen LogP contribution is 2.29. The number of nitrogen functional groups attached to an aromatic ring is 1. The Bertz CT molecular complexity index is 746. The minimum atomic E-state index is -3.64. The van der Waals surface area contributed by atoms with E-state index < -0.39 is 10.0 Å². The number of rotatable bonds is 6. The lowest BCUT2D eigenvalue weighted by Crippen LogP contribution is -2.13. The Kier molecular flexibility index (Phi) is 5.31. The largest absolute Gasteiger partial charge is 0.492 e. The van der Waals surface area contributed by atoms with Gasteiger partial charge in [-0.2, -0.15) is 0 Å². The van der Waals surface area contributed by atoms with Crippen molar-refractivity contribution in [1.29, 1.82) is 0 Å². The number of nitrogens with one attached hydrogen (secondary N) is 1. The Morgan fingerprint density at radius 2 is 1.86 bits per heavy atom. The van der Waals surface area contributed by atoms with E-state index in [4.69, 9.17) is 10.5 Å². The molecule has 2 rings (SSSR count). The highest BCUT2D eigenvalue weighted by molar-refractivity contribution is 9.10. The Morgan fingerprint density at radius 1 is 1.18 bits per heavy atom. The van der Waals surface area contributed by atoms with Crippen molar-refractivity contribution in [3.8, 4) is 5.75 Å². The van der Waals surface area contributed by atoms with Gasteiger partial charge in [0.15, 0.2) is 0 Å². The summed E-state index contributed by atoms with van der Waals surface area (Å²) in [5.74, 6) is 0.678. The molecule has 0 unspecified atom stereocenters. The van der Waals surface area contributed by atoms with Crippen molar-refractivity contribution >= 4 is 37.3 Å². The fourth-order valence-corrected chi connectivity index (χ4v) is 3.30. The number of ether oxygens (including phenoxy) is 1. The van der Waals surface area contributed by atoms with Gasteiger partial charge >= 0.3 is 0 Å². The molecule has 0 saturated carbocycles.